The molecule has 170 valence electrons. The number of methoxy groups -OCH3 is 2. The van der Waals surface area contributed by atoms with Gasteiger partial charge in [-0.15, -0.1) is 0 Å². The van der Waals surface area contributed by atoms with E-state index in [1.54, 1.807) is 42.4 Å². The van der Waals surface area contributed by atoms with E-state index in [0.29, 0.717) is 24.3 Å². The number of ether oxygens (including phenoxy) is 2. The molecule has 0 spiro atoms. The third-order valence-corrected chi connectivity index (χ3v) is 5.86. The van der Waals surface area contributed by atoms with Gasteiger partial charge in [0.05, 0.1) is 25.7 Å². The summed E-state index contributed by atoms with van der Waals surface area (Å²) in [5, 5.41) is 0. The molecule has 8 heteroatoms. The first-order chi connectivity index (χ1) is 15.4. The Labute approximate surface area is 188 Å². The van der Waals surface area contributed by atoms with E-state index >= 15 is 0 Å². The number of likely N-dealkylation sites (N-methyl/N-ethyl adjacent to an activating group) is 1. The molecule has 0 radical (unpaired) electrons. The number of para-hydroxylation sites is 1. The van der Waals surface area contributed by atoms with Crippen LogP contribution in [0.25, 0.3) is 0 Å². The highest BCUT2D eigenvalue weighted by Gasteiger charge is 2.55. The van der Waals surface area contributed by atoms with Gasteiger partial charge < -0.3 is 14.4 Å². The molecule has 2 aromatic rings. The van der Waals surface area contributed by atoms with Crippen LogP contribution < -0.4 is 4.74 Å². The summed E-state index contributed by atoms with van der Waals surface area (Å²) >= 11 is 0. The lowest BCUT2D eigenvalue weighted by atomic mass is 9.75. The monoisotopic (exact) mass is 439 g/mol. The summed E-state index contributed by atoms with van der Waals surface area (Å²) in [6, 6.07) is 12.7. The van der Waals surface area contributed by atoms with Gasteiger partial charge in [0.1, 0.15) is 5.75 Å². The Kier molecular flexibility index (Phi) is 7.58. The Morgan fingerprint density at radius 1 is 1.16 bits per heavy atom. The highest BCUT2D eigenvalue weighted by atomic mass is 16.5. The summed E-state index contributed by atoms with van der Waals surface area (Å²) < 4.78 is 10.6. The van der Waals surface area contributed by atoms with Crippen molar-refractivity contribution in [2.24, 2.45) is 0 Å². The lowest BCUT2D eigenvalue weighted by Crippen LogP contribution is -2.44. The summed E-state index contributed by atoms with van der Waals surface area (Å²) in [5.74, 6) is -0.454. The topological polar surface area (TPSA) is 89.0 Å². The number of amides is 3. The maximum absolute atomic E-state index is 13.6. The number of rotatable bonds is 10. The van der Waals surface area contributed by atoms with Gasteiger partial charge in [-0.3, -0.25) is 24.3 Å². The van der Waals surface area contributed by atoms with Gasteiger partial charge in [0, 0.05) is 57.4 Å². The number of likely N-dealkylation sites (tertiary alicyclic amines) is 1. The van der Waals surface area contributed by atoms with Crippen LogP contribution in [0.15, 0.2) is 48.7 Å². The van der Waals surface area contributed by atoms with E-state index in [9.17, 15) is 14.4 Å². The summed E-state index contributed by atoms with van der Waals surface area (Å²) in [4.78, 5) is 46.7. The summed E-state index contributed by atoms with van der Waals surface area (Å²) in [7, 11) is 4.72. The van der Waals surface area contributed by atoms with E-state index in [0.717, 1.165) is 5.69 Å². The number of nitrogens with zero attached hydrogens (tertiary/aromatic N) is 3. The molecule has 32 heavy (non-hydrogen) atoms. The molecule has 1 aromatic carbocycles. The number of hydrogen-bond donors (Lipinski definition) is 0. The third-order valence-electron chi connectivity index (χ3n) is 5.86. The minimum Gasteiger partial charge on any atom is -0.496 e. The molecule has 3 amide bonds. The molecule has 2 heterocycles. The maximum atomic E-state index is 13.6. The van der Waals surface area contributed by atoms with Crippen LogP contribution in [0.5, 0.6) is 5.75 Å². The average molecular weight is 440 g/mol. The normalized spacial score (nSPS) is 18.2. The zero-order valence-electron chi connectivity index (χ0n) is 18.7. The Morgan fingerprint density at radius 3 is 2.59 bits per heavy atom. The van der Waals surface area contributed by atoms with Crippen molar-refractivity contribution in [1.29, 1.82) is 0 Å². The fraction of sp³-hybridized carbons (Fsp3) is 0.417. The Morgan fingerprint density at radius 2 is 1.91 bits per heavy atom. The highest BCUT2D eigenvalue weighted by Crippen LogP contribution is 2.44. The molecule has 1 fully saturated rings. The molecule has 0 aliphatic carbocycles. The van der Waals surface area contributed by atoms with E-state index in [1.807, 2.05) is 18.2 Å². The van der Waals surface area contributed by atoms with Crippen LogP contribution in [0.4, 0.5) is 0 Å². The number of hydrogen-bond acceptors (Lipinski definition) is 6. The van der Waals surface area contributed by atoms with Crippen molar-refractivity contribution < 1.29 is 23.9 Å². The van der Waals surface area contributed by atoms with Gasteiger partial charge in [0.25, 0.3) is 0 Å². The van der Waals surface area contributed by atoms with Crippen molar-refractivity contribution in [3.05, 3.63) is 59.9 Å². The number of benzene rings is 1. The Bertz CT molecular complexity index is 965. The Hall–Kier alpha value is -3.26. The van der Waals surface area contributed by atoms with Crippen molar-refractivity contribution in [1.82, 2.24) is 14.8 Å². The Balaban J connectivity index is 1.87. The van der Waals surface area contributed by atoms with Crippen LogP contribution in [-0.4, -0.2) is 73.5 Å². The molecule has 1 aromatic heterocycles. The quantitative estimate of drug-likeness (QED) is 0.525. The second kappa shape index (κ2) is 10.4. The van der Waals surface area contributed by atoms with Gasteiger partial charge in [-0.2, -0.15) is 0 Å². The van der Waals surface area contributed by atoms with Gasteiger partial charge in [-0.25, -0.2) is 0 Å². The van der Waals surface area contributed by atoms with E-state index in [2.05, 4.69) is 4.98 Å². The van der Waals surface area contributed by atoms with Crippen molar-refractivity contribution in [2.75, 3.05) is 41.0 Å². The highest BCUT2D eigenvalue weighted by molar-refractivity contribution is 6.11. The molecule has 1 aliphatic heterocycles. The molecule has 1 aliphatic rings. The van der Waals surface area contributed by atoms with E-state index < -0.39 is 11.3 Å². The van der Waals surface area contributed by atoms with Crippen LogP contribution in [0.3, 0.4) is 0 Å². The third kappa shape index (κ3) is 4.80. The van der Waals surface area contributed by atoms with Gasteiger partial charge in [-0.05, 0) is 18.2 Å². The maximum Gasteiger partial charge on any atom is 0.241 e. The first kappa shape index (κ1) is 23.4. The molecule has 1 atom stereocenters. The summed E-state index contributed by atoms with van der Waals surface area (Å²) in [5.41, 5.74) is 0.116. The molecule has 0 N–H and O–H groups in total. The summed E-state index contributed by atoms with van der Waals surface area (Å²) in [6.45, 7) is 0.833. The molecule has 1 saturated heterocycles. The minimum absolute atomic E-state index is 0.0876. The zero-order valence-corrected chi connectivity index (χ0v) is 18.7. The minimum atomic E-state index is -1.31. The number of carbonyl (C=O) groups is 3. The predicted octanol–water partition coefficient (Wildman–Crippen LogP) is 1.82. The van der Waals surface area contributed by atoms with E-state index in [1.165, 1.54) is 19.1 Å². The van der Waals surface area contributed by atoms with Crippen molar-refractivity contribution in [2.45, 2.75) is 24.7 Å². The van der Waals surface area contributed by atoms with Crippen LogP contribution >= 0.6 is 0 Å². The second-order valence-corrected chi connectivity index (χ2v) is 7.87. The van der Waals surface area contributed by atoms with Gasteiger partial charge in [-0.1, -0.05) is 24.3 Å². The first-order valence-electron chi connectivity index (χ1n) is 10.5. The number of aromatic nitrogens is 1. The molecular formula is C24H29N3O5. The average Bonchev–Trinajstić information content (AvgIpc) is 3.05. The molecule has 1 unspecified atom stereocenters. The molecule has 8 nitrogen and oxygen atoms in total. The van der Waals surface area contributed by atoms with Crippen LogP contribution in [0.1, 0.15) is 24.1 Å². The lowest BCUT2D eigenvalue weighted by molar-refractivity contribution is -0.143. The van der Waals surface area contributed by atoms with Crippen molar-refractivity contribution in [3.63, 3.8) is 0 Å². The van der Waals surface area contributed by atoms with E-state index in [4.69, 9.17) is 9.47 Å². The molecule has 0 bridgehead atoms. The number of pyridine rings is 1. The van der Waals surface area contributed by atoms with Crippen molar-refractivity contribution in [3.8, 4) is 5.75 Å². The number of imide groups is 1. The smallest absolute Gasteiger partial charge is 0.241 e. The molecule has 0 saturated carbocycles. The molecular weight excluding hydrogens is 410 g/mol. The predicted molar refractivity (Wildman–Crippen MR) is 118 cm³/mol. The standard InChI is InChI=1S/C24H29N3O5/c1-26(13-11-18-8-6-7-12-25-18)21(28)16-24(19-9-4-5-10-20(19)32-3)17-22(29)27(23(24)30)14-15-31-2/h4-10,12H,11,13-17H2,1-3H3. The zero-order chi connectivity index (χ0) is 23.1. The van der Waals surface area contributed by atoms with Crippen LogP contribution in [-0.2, 0) is 31.0 Å². The number of carbonyl (C=O) groups excluding carboxylic acids is 3. The van der Waals surface area contributed by atoms with Crippen LogP contribution in [0, 0.1) is 0 Å². The summed E-state index contributed by atoms with van der Waals surface area (Å²) in [6.07, 6.45) is 2.10. The van der Waals surface area contributed by atoms with Gasteiger partial charge in [0.15, 0.2) is 0 Å². The van der Waals surface area contributed by atoms with Gasteiger partial charge in [0.2, 0.25) is 17.7 Å². The molecule has 3 rings (SSSR count). The van der Waals surface area contributed by atoms with E-state index in [-0.39, 0.29) is 37.8 Å². The second-order valence-electron chi connectivity index (χ2n) is 7.87. The van der Waals surface area contributed by atoms with Crippen molar-refractivity contribution >= 4 is 17.7 Å². The van der Waals surface area contributed by atoms with Gasteiger partial charge >= 0.3 is 0 Å². The SMILES string of the molecule is COCCN1C(=O)CC(CC(=O)N(C)CCc2ccccn2)(c2ccccc2OC)C1=O. The largest absolute Gasteiger partial charge is 0.496 e. The fourth-order valence-electron chi connectivity index (χ4n) is 4.04. The first-order valence-corrected chi connectivity index (χ1v) is 10.5. The fourth-order valence-corrected chi connectivity index (χ4v) is 4.04. The lowest BCUT2D eigenvalue weighted by Gasteiger charge is -2.30. The van der Waals surface area contributed by atoms with Crippen LogP contribution in [0.2, 0.25) is 0 Å².